The fourth-order valence-electron chi connectivity index (χ4n) is 2.67. The number of thiazole rings is 1. The maximum atomic E-state index is 4.65. The van der Waals surface area contributed by atoms with Crippen LogP contribution in [0.5, 0.6) is 0 Å². The van der Waals surface area contributed by atoms with E-state index in [4.69, 9.17) is 0 Å². The number of rotatable bonds is 8. The maximum Gasteiger partial charge on any atom is 0.191 e. The van der Waals surface area contributed by atoms with Crippen LogP contribution >= 0.6 is 35.3 Å². The van der Waals surface area contributed by atoms with Crippen molar-refractivity contribution in [3.8, 4) is 0 Å². The van der Waals surface area contributed by atoms with Gasteiger partial charge in [0.2, 0.25) is 0 Å². The highest BCUT2D eigenvalue weighted by Crippen LogP contribution is 2.18. The average molecular weight is 513 g/mol. The minimum absolute atomic E-state index is 0. The third-order valence-electron chi connectivity index (χ3n) is 4.13. The van der Waals surface area contributed by atoms with E-state index in [-0.39, 0.29) is 24.0 Å². The molecular formula is C19H28IN7S. The third-order valence-corrected chi connectivity index (χ3v) is 4.98. The molecule has 0 unspecified atom stereocenters. The number of nitrogens with one attached hydrogen (secondary N) is 2. The standard InChI is InChI=1S/C19H27N7S.HI/c1-4-20-19(22-12-18-23-15(13-27-18)14(2)3)21-10-7-9-17-25-24-16-8-5-6-11-26(16)17;/h5-6,8,11,13-14H,4,7,9-10,12H2,1-3H3,(H2,20,21,22);1H. The Kier molecular flexibility index (Phi) is 9.10. The predicted molar refractivity (Wildman–Crippen MR) is 126 cm³/mol. The van der Waals surface area contributed by atoms with Gasteiger partial charge >= 0.3 is 0 Å². The molecule has 0 amide bonds. The lowest BCUT2D eigenvalue weighted by Gasteiger charge is -2.10. The molecule has 3 rings (SSSR count). The second-order valence-electron chi connectivity index (χ2n) is 6.59. The van der Waals surface area contributed by atoms with Crippen molar-refractivity contribution in [2.45, 2.75) is 46.1 Å². The SMILES string of the molecule is CCNC(=NCc1nc(C(C)C)cs1)NCCCc1nnc2ccccn12.I. The van der Waals surface area contributed by atoms with Crippen LogP contribution in [0.15, 0.2) is 34.8 Å². The van der Waals surface area contributed by atoms with Gasteiger partial charge in [0.15, 0.2) is 11.6 Å². The van der Waals surface area contributed by atoms with Gasteiger partial charge in [-0.25, -0.2) is 9.98 Å². The molecule has 0 fully saturated rings. The van der Waals surface area contributed by atoms with Crippen molar-refractivity contribution in [3.05, 3.63) is 46.3 Å². The van der Waals surface area contributed by atoms with E-state index in [2.05, 4.69) is 57.0 Å². The van der Waals surface area contributed by atoms with Crippen molar-refractivity contribution < 1.29 is 0 Å². The number of pyridine rings is 1. The van der Waals surface area contributed by atoms with E-state index in [1.54, 1.807) is 11.3 Å². The first-order valence-corrected chi connectivity index (χ1v) is 10.3. The zero-order valence-corrected chi connectivity index (χ0v) is 19.7. The number of halogens is 1. The first-order chi connectivity index (χ1) is 13.2. The van der Waals surface area contributed by atoms with E-state index >= 15 is 0 Å². The summed E-state index contributed by atoms with van der Waals surface area (Å²) in [5.74, 6) is 2.27. The number of aryl methyl sites for hydroxylation is 1. The molecule has 9 heteroatoms. The van der Waals surface area contributed by atoms with E-state index < -0.39 is 0 Å². The van der Waals surface area contributed by atoms with Crippen molar-refractivity contribution in [2.75, 3.05) is 13.1 Å². The predicted octanol–water partition coefficient (Wildman–Crippen LogP) is 3.62. The number of hydrogen-bond acceptors (Lipinski definition) is 5. The van der Waals surface area contributed by atoms with Crippen LogP contribution in [0.2, 0.25) is 0 Å². The Morgan fingerprint density at radius 3 is 2.86 bits per heavy atom. The largest absolute Gasteiger partial charge is 0.357 e. The smallest absolute Gasteiger partial charge is 0.191 e. The van der Waals surface area contributed by atoms with Crippen LogP contribution in [-0.4, -0.2) is 38.6 Å². The van der Waals surface area contributed by atoms with Crippen molar-refractivity contribution in [3.63, 3.8) is 0 Å². The first-order valence-electron chi connectivity index (χ1n) is 9.42. The Morgan fingerprint density at radius 1 is 1.25 bits per heavy atom. The minimum atomic E-state index is 0. The fourth-order valence-corrected chi connectivity index (χ4v) is 3.54. The lowest BCUT2D eigenvalue weighted by molar-refractivity contribution is 0.714. The Labute approximate surface area is 187 Å². The van der Waals surface area contributed by atoms with Crippen LogP contribution < -0.4 is 10.6 Å². The molecule has 28 heavy (non-hydrogen) atoms. The summed E-state index contributed by atoms with van der Waals surface area (Å²) in [5, 5.41) is 18.3. The zero-order valence-electron chi connectivity index (χ0n) is 16.6. The summed E-state index contributed by atoms with van der Waals surface area (Å²) in [6.45, 7) is 8.64. The van der Waals surface area contributed by atoms with Crippen LogP contribution in [0.4, 0.5) is 0 Å². The van der Waals surface area contributed by atoms with Gasteiger partial charge in [0.25, 0.3) is 0 Å². The van der Waals surface area contributed by atoms with Crippen molar-refractivity contribution in [1.82, 2.24) is 30.2 Å². The second kappa shape index (κ2) is 11.3. The Hall–Kier alpha value is -1.75. The highest BCUT2D eigenvalue weighted by Gasteiger charge is 2.06. The van der Waals surface area contributed by atoms with Gasteiger partial charge in [0.05, 0.1) is 12.2 Å². The molecule has 7 nitrogen and oxygen atoms in total. The molecule has 0 aliphatic heterocycles. The van der Waals surface area contributed by atoms with Gasteiger partial charge in [-0.1, -0.05) is 19.9 Å². The van der Waals surface area contributed by atoms with Crippen LogP contribution in [0.25, 0.3) is 5.65 Å². The van der Waals surface area contributed by atoms with Gasteiger partial charge < -0.3 is 10.6 Å². The summed E-state index contributed by atoms with van der Waals surface area (Å²) in [6, 6.07) is 5.94. The summed E-state index contributed by atoms with van der Waals surface area (Å²) < 4.78 is 2.04. The van der Waals surface area contributed by atoms with Crippen molar-refractivity contribution >= 4 is 46.9 Å². The van der Waals surface area contributed by atoms with Crippen LogP contribution in [0.1, 0.15) is 49.6 Å². The van der Waals surface area contributed by atoms with E-state index in [9.17, 15) is 0 Å². The molecule has 0 atom stereocenters. The topological polar surface area (TPSA) is 79.5 Å². The van der Waals surface area contributed by atoms with Crippen molar-refractivity contribution in [1.29, 1.82) is 0 Å². The third kappa shape index (κ3) is 6.13. The van der Waals surface area contributed by atoms with E-state index in [1.807, 2.05) is 28.8 Å². The van der Waals surface area contributed by atoms with E-state index in [0.29, 0.717) is 12.5 Å². The molecule has 3 heterocycles. The summed E-state index contributed by atoms with van der Waals surface area (Å²) >= 11 is 1.67. The molecule has 0 bridgehead atoms. The molecular weight excluding hydrogens is 485 g/mol. The Balaban J connectivity index is 0.00000280. The lowest BCUT2D eigenvalue weighted by Crippen LogP contribution is -2.37. The molecule has 0 aliphatic rings. The molecule has 152 valence electrons. The van der Waals surface area contributed by atoms with Gasteiger partial charge in [-0.2, -0.15) is 0 Å². The minimum Gasteiger partial charge on any atom is -0.357 e. The molecule has 0 aromatic carbocycles. The highest BCUT2D eigenvalue weighted by molar-refractivity contribution is 14.0. The van der Waals surface area contributed by atoms with Gasteiger partial charge in [-0.05, 0) is 31.4 Å². The number of fused-ring (bicyclic) bond motifs is 1. The number of nitrogens with zero attached hydrogens (tertiary/aromatic N) is 5. The molecule has 3 aromatic heterocycles. The average Bonchev–Trinajstić information content (AvgIpc) is 3.30. The monoisotopic (exact) mass is 513 g/mol. The number of aliphatic imine (C=N–C) groups is 1. The maximum absolute atomic E-state index is 4.65. The van der Waals surface area contributed by atoms with Gasteiger partial charge in [-0.15, -0.1) is 45.5 Å². The van der Waals surface area contributed by atoms with E-state index in [1.165, 1.54) is 0 Å². The van der Waals surface area contributed by atoms with Crippen LogP contribution in [0, 0.1) is 0 Å². The Bertz CT molecular complexity index is 887. The highest BCUT2D eigenvalue weighted by atomic mass is 127. The molecule has 0 saturated carbocycles. The zero-order chi connectivity index (χ0) is 19.1. The quantitative estimate of drug-likeness (QED) is 0.208. The van der Waals surface area contributed by atoms with Crippen LogP contribution in [-0.2, 0) is 13.0 Å². The summed E-state index contributed by atoms with van der Waals surface area (Å²) in [5.41, 5.74) is 2.03. The molecule has 3 aromatic rings. The Morgan fingerprint density at radius 2 is 2.11 bits per heavy atom. The first kappa shape index (κ1) is 22.5. The lowest BCUT2D eigenvalue weighted by atomic mass is 10.2. The fraction of sp³-hybridized carbons (Fsp3) is 0.474. The van der Waals surface area contributed by atoms with E-state index in [0.717, 1.165) is 54.1 Å². The molecule has 0 saturated heterocycles. The molecule has 2 N–H and O–H groups in total. The van der Waals surface area contributed by atoms with Crippen molar-refractivity contribution in [2.24, 2.45) is 4.99 Å². The number of aromatic nitrogens is 4. The van der Waals surface area contributed by atoms with Gasteiger partial charge in [0, 0.05) is 31.1 Å². The molecule has 0 spiro atoms. The molecule has 0 radical (unpaired) electrons. The second-order valence-corrected chi connectivity index (χ2v) is 7.53. The summed E-state index contributed by atoms with van der Waals surface area (Å²) in [4.78, 5) is 9.29. The number of guanidine groups is 1. The van der Waals surface area contributed by atoms with Gasteiger partial charge in [-0.3, -0.25) is 4.40 Å². The van der Waals surface area contributed by atoms with Gasteiger partial charge in [0.1, 0.15) is 10.8 Å². The summed E-state index contributed by atoms with van der Waals surface area (Å²) in [6.07, 6.45) is 3.82. The normalized spacial score (nSPS) is 11.6. The summed E-state index contributed by atoms with van der Waals surface area (Å²) in [7, 11) is 0. The van der Waals surface area contributed by atoms with Crippen LogP contribution in [0.3, 0.4) is 0 Å². The number of hydrogen-bond donors (Lipinski definition) is 2. The molecule has 0 aliphatic carbocycles.